The monoisotopic (exact) mass is 328 g/mol. The van der Waals surface area contributed by atoms with Gasteiger partial charge in [-0.25, -0.2) is 9.78 Å². The van der Waals surface area contributed by atoms with Crippen molar-refractivity contribution in [2.24, 2.45) is 14.1 Å². The molecule has 0 radical (unpaired) electrons. The van der Waals surface area contributed by atoms with Crippen LogP contribution in [-0.2, 0) is 20.6 Å². The number of nitrogens with zero attached hydrogens (tertiary/aromatic N) is 4. The molecule has 0 saturated heterocycles. The van der Waals surface area contributed by atoms with Crippen LogP contribution in [0.25, 0.3) is 11.0 Å². The van der Waals surface area contributed by atoms with E-state index in [0.717, 1.165) is 4.57 Å². The van der Waals surface area contributed by atoms with Gasteiger partial charge >= 0.3 is 5.69 Å². The molecule has 3 rings (SSSR count). The summed E-state index contributed by atoms with van der Waals surface area (Å²) in [5.41, 5.74) is -0.600. The summed E-state index contributed by atoms with van der Waals surface area (Å²) in [6, 6.07) is 6.51. The van der Waals surface area contributed by atoms with E-state index in [1.807, 2.05) is 0 Å². The molecule has 0 aliphatic rings. The maximum atomic E-state index is 12.5. The molecule has 0 spiro atoms. The molecule has 24 heavy (non-hydrogen) atoms. The first-order valence-electron chi connectivity index (χ1n) is 7.24. The fraction of sp³-hybridized carbons (Fsp3) is 0.250. The second kappa shape index (κ2) is 5.80. The first-order valence-corrected chi connectivity index (χ1v) is 7.24. The summed E-state index contributed by atoms with van der Waals surface area (Å²) in [6.45, 7) is 0.293. The van der Waals surface area contributed by atoms with Gasteiger partial charge in [0.05, 0.1) is 18.2 Å². The number of aryl methyl sites for hydroxylation is 1. The van der Waals surface area contributed by atoms with E-state index < -0.39 is 11.2 Å². The Hall–Kier alpha value is -3.16. The van der Waals surface area contributed by atoms with E-state index in [9.17, 15) is 14.4 Å². The molecule has 0 N–H and O–H groups in total. The first-order chi connectivity index (χ1) is 11.4. The Balaban J connectivity index is 2.03. The molecule has 3 heterocycles. The maximum Gasteiger partial charge on any atom is 0.332 e. The van der Waals surface area contributed by atoms with Crippen LogP contribution in [0.3, 0.4) is 0 Å². The summed E-state index contributed by atoms with van der Waals surface area (Å²) in [5.74, 6) is 0.314. The molecule has 3 aromatic heterocycles. The third-order valence-corrected chi connectivity index (χ3v) is 3.84. The molecule has 0 fully saturated rings. The molecule has 0 aliphatic heterocycles. The number of hydrogen-bond donors (Lipinski definition) is 0. The lowest BCUT2D eigenvalue weighted by Crippen LogP contribution is -2.37. The van der Waals surface area contributed by atoms with Crippen molar-refractivity contribution in [3.63, 3.8) is 0 Å². The van der Waals surface area contributed by atoms with E-state index in [2.05, 4.69) is 4.98 Å². The van der Waals surface area contributed by atoms with Gasteiger partial charge in [0, 0.05) is 21.1 Å². The van der Waals surface area contributed by atoms with E-state index in [1.165, 1.54) is 42.0 Å². The van der Waals surface area contributed by atoms with E-state index >= 15 is 0 Å². The molecule has 0 aromatic carbocycles. The highest BCUT2D eigenvalue weighted by Crippen LogP contribution is 2.10. The average Bonchev–Trinajstić information content (AvgIpc) is 3.09. The number of rotatable bonds is 3. The smallest absolute Gasteiger partial charge is 0.332 e. The van der Waals surface area contributed by atoms with Gasteiger partial charge in [-0.2, -0.15) is 0 Å². The average molecular weight is 328 g/mol. The topological polar surface area (TPSA) is 90.3 Å². The second-order valence-corrected chi connectivity index (χ2v) is 5.51. The van der Waals surface area contributed by atoms with Crippen LogP contribution >= 0.6 is 0 Å². The fourth-order valence-corrected chi connectivity index (χ4v) is 2.48. The predicted octanol–water partition coefficient (Wildman–Crippen LogP) is 0.497. The molecule has 0 saturated carbocycles. The van der Waals surface area contributed by atoms with Crippen molar-refractivity contribution in [2.45, 2.75) is 6.54 Å². The SMILES string of the molecule is CN(Cc1ccco1)C(=O)c1ccc2c(=O)n(C)c(=O)n(C)c2n1. The van der Waals surface area contributed by atoms with Gasteiger partial charge in [0.1, 0.15) is 17.1 Å². The highest BCUT2D eigenvalue weighted by atomic mass is 16.3. The summed E-state index contributed by atoms with van der Waals surface area (Å²) in [5, 5.41) is 0.282. The minimum atomic E-state index is -0.492. The molecule has 124 valence electrons. The van der Waals surface area contributed by atoms with Crippen molar-refractivity contribution >= 4 is 16.9 Å². The van der Waals surface area contributed by atoms with Gasteiger partial charge in [0.15, 0.2) is 0 Å². The van der Waals surface area contributed by atoms with Gasteiger partial charge < -0.3 is 9.32 Å². The number of hydrogen-bond acceptors (Lipinski definition) is 5. The minimum Gasteiger partial charge on any atom is -0.467 e. The molecule has 1 amide bonds. The van der Waals surface area contributed by atoms with Gasteiger partial charge in [-0.05, 0) is 24.3 Å². The molecule has 0 unspecified atom stereocenters. The van der Waals surface area contributed by atoms with Gasteiger partial charge in [-0.1, -0.05) is 0 Å². The Morgan fingerprint density at radius 2 is 1.96 bits per heavy atom. The second-order valence-electron chi connectivity index (χ2n) is 5.51. The normalized spacial score (nSPS) is 11.0. The van der Waals surface area contributed by atoms with Crippen LogP contribution in [0.5, 0.6) is 0 Å². The Bertz CT molecular complexity index is 1030. The third-order valence-electron chi connectivity index (χ3n) is 3.84. The number of amides is 1. The molecule has 0 aliphatic carbocycles. The summed E-state index contributed by atoms with van der Waals surface area (Å²) < 4.78 is 7.48. The summed E-state index contributed by atoms with van der Waals surface area (Å²) in [6.07, 6.45) is 1.54. The van der Waals surface area contributed by atoms with Crippen molar-refractivity contribution in [1.29, 1.82) is 0 Å². The molecular weight excluding hydrogens is 312 g/mol. The first kappa shape index (κ1) is 15.7. The van der Waals surface area contributed by atoms with Crippen molar-refractivity contribution in [3.05, 3.63) is 62.8 Å². The van der Waals surface area contributed by atoms with E-state index in [0.29, 0.717) is 12.3 Å². The summed E-state index contributed by atoms with van der Waals surface area (Å²) in [4.78, 5) is 42.3. The van der Waals surface area contributed by atoms with Crippen LogP contribution in [0.1, 0.15) is 16.2 Å². The van der Waals surface area contributed by atoms with Crippen molar-refractivity contribution < 1.29 is 9.21 Å². The highest BCUT2D eigenvalue weighted by Gasteiger charge is 2.17. The van der Waals surface area contributed by atoms with Crippen LogP contribution in [0.15, 0.2) is 44.5 Å². The van der Waals surface area contributed by atoms with Gasteiger partial charge in [0.2, 0.25) is 0 Å². The molecule has 8 heteroatoms. The number of pyridine rings is 1. The molecule has 0 bridgehead atoms. The zero-order valence-electron chi connectivity index (χ0n) is 13.5. The highest BCUT2D eigenvalue weighted by molar-refractivity contribution is 5.94. The van der Waals surface area contributed by atoms with Gasteiger partial charge in [-0.3, -0.25) is 18.7 Å². The fourth-order valence-electron chi connectivity index (χ4n) is 2.48. The number of furan rings is 1. The third kappa shape index (κ3) is 2.51. The van der Waals surface area contributed by atoms with Crippen LogP contribution in [0, 0.1) is 0 Å². The quantitative estimate of drug-likeness (QED) is 0.698. The lowest BCUT2D eigenvalue weighted by Gasteiger charge is -2.15. The van der Waals surface area contributed by atoms with E-state index in [-0.39, 0.29) is 22.6 Å². The molecular formula is C16H16N4O4. The Kier molecular flexibility index (Phi) is 3.80. The van der Waals surface area contributed by atoms with Gasteiger partial charge in [-0.15, -0.1) is 0 Å². The number of carbonyl (C=O) groups is 1. The molecule has 0 atom stereocenters. The maximum absolute atomic E-state index is 12.5. The summed E-state index contributed by atoms with van der Waals surface area (Å²) >= 11 is 0. The molecule has 3 aromatic rings. The number of fused-ring (bicyclic) bond motifs is 1. The van der Waals surface area contributed by atoms with E-state index in [1.54, 1.807) is 19.2 Å². The predicted molar refractivity (Wildman–Crippen MR) is 86.7 cm³/mol. The van der Waals surface area contributed by atoms with Gasteiger partial charge in [0.25, 0.3) is 11.5 Å². The van der Waals surface area contributed by atoms with Crippen LogP contribution < -0.4 is 11.2 Å². The van der Waals surface area contributed by atoms with Crippen molar-refractivity contribution in [1.82, 2.24) is 19.0 Å². The van der Waals surface area contributed by atoms with Crippen LogP contribution in [0.4, 0.5) is 0 Å². The van der Waals surface area contributed by atoms with E-state index in [4.69, 9.17) is 4.42 Å². The zero-order chi connectivity index (χ0) is 17.4. The van der Waals surface area contributed by atoms with Crippen molar-refractivity contribution in [3.8, 4) is 0 Å². The lowest BCUT2D eigenvalue weighted by atomic mass is 10.2. The standard InChI is InChI=1S/C16H16N4O4/c1-18(9-10-5-4-8-24-10)15(22)12-7-6-11-13(17-12)19(2)16(23)20(3)14(11)21/h4-8H,9H2,1-3H3. The minimum absolute atomic E-state index is 0.153. The Labute approximate surface area is 136 Å². The Morgan fingerprint density at radius 3 is 2.62 bits per heavy atom. The van der Waals surface area contributed by atoms with Crippen LogP contribution in [-0.4, -0.2) is 32.0 Å². The number of aromatic nitrogens is 3. The van der Waals surface area contributed by atoms with Crippen LogP contribution in [0.2, 0.25) is 0 Å². The summed E-state index contributed by atoms with van der Waals surface area (Å²) in [7, 11) is 4.54. The zero-order valence-corrected chi connectivity index (χ0v) is 13.5. The number of carbonyl (C=O) groups excluding carboxylic acids is 1. The van der Waals surface area contributed by atoms with Crippen molar-refractivity contribution in [2.75, 3.05) is 7.05 Å². The molecule has 8 nitrogen and oxygen atoms in total. The largest absolute Gasteiger partial charge is 0.467 e. The Morgan fingerprint density at radius 1 is 1.21 bits per heavy atom. The lowest BCUT2D eigenvalue weighted by molar-refractivity contribution is 0.0770.